The van der Waals surface area contributed by atoms with Crippen molar-refractivity contribution in [2.45, 2.75) is 39.1 Å². The number of aliphatic carboxylic acids is 1. The van der Waals surface area contributed by atoms with Gasteiger partial charge in [-0.1, -0.05) is 51.1 Å². The summed E-state index contributed by atoms with van der Waals surface area (Å²) in [5, 5.41) is 9.34. The van der Waals surface area contributed by atoms with E-state index in [9.17, 15) is 27.9 Å². The van der Waals surface area contributed by atoms with Gasteiger partial charge in [-0.3, -0.25) is 9.69 Å². The van der Waals surface area contributed by atoms with Crippen LogP contribution in [0.15, 0.2) is 72.8 Å². The van der Waals surface area contributed by atoms with E-state index in [2.05, 4.69) is 25.5 Å². The van der Waals surface area contributed by atoms with Crippen LogP contribution in [0.1, 0.15) is 31.9 Å². The van der Waals surface area contributed by atoms with Gasteiger partial charge in [0.1, 0.15) is 17.2 Å². The Labute approximate surface area is 200 Å². The van der Waals surface area contributed by atoms with Gasteiger partial charge in [-0.2, -0.15) is 0 Å². The Morgan fingerprint density at radius 3 is 2.00 bits per heavy atom. The van der Waals surface area contributed by atoms with Gasteiger partial charge in [0, 0.05) is 11.8 Å². The summed E-state index contributed by atoms with van der Waals surface area (Å²) in [5.74, 6) is -2.63. The summed E-state index contributed by atoms with van der Waals surface area (Å²) in [5.41, 5.74) is 2.06. The number of benzene rings is 3. The molecule has 0 aromatic heterocycles. The number of hydrogen-bond acceptors (Lipinski definition) is 4. The van der Waals surface area contributed by atoms with Crippen LogP contribution < -0.4 is 14.4 Å². The fraction of sp³-hybridized carbons (Fsp3) is 0.231. The first kappa shape index (κ1) is 25.6. The van der Waals surface area contributed by atoms with Gasteiger partial charge >= 0.3 is 18.2 Å². The third-order valence-corrected chi connectivity index (χ3v) is 5.01. The summed E-state index contributed by atoms with van der Waals surface area (Å²) in [6.45, 7) is 6.24. The summed E-state index contributed by atoms with van der Waals surface area (Å²) < 4.78 is 46.5. The summed E-state index contributed by atoms with van der Waals surface area (Å²) >= 11 is 0. The van der Waals surface area contributed by atoms with E-state index in [1.54, 1.807) is 18.2 Å². The number of anilines is 1. The first-order valence-electron chi connectivity index (χ1n) is 10.6. The number of rotatable bonds is 6. The third-order valence-electron chi connectivity index (χ3n) is 5.01. The molecule has 6 nitrogen and oxygen atoms in total. The van der Waals surface area contributed by atoms with Crippen molar-refractivity contribution < 1.29 is 37.3 Å². The quantitative estimate of drug-likeness (QED) is 0.414. The fourth-order valence-electron chi connectivity index (χ4n) is 3.25. The van der Waals surface area contributed by atoms with Crippen molar-refractivity contribution in [3.8, 4) is 17.2 Å². The second-order valence-electron chi connectivity index (χ2n) is 8.76. The molecule has 1 N–H and O–H groups in total. The lowest BCUT2D eigenvalue weighted by atomic mass is 9.87. The molecule has 0 saturated carbocycles. The van der Waals surface area contributed by atoms with Crippen LogP contribution in [-0.4, -0.2) is 23.3 Å². The number of nitrogens with zero attached hydrogens (tertiary/aromatic N) is 1. The maximum absolute atomic E-state index is 12.5. The Morgan fingerprint density at radius 1 is 0.857 bits per heavy atom. The van der Waals surface area contributed by atoms with Crippen molar-refractivity contribution in [1.29, 1.82) is 0 Å². The molecule has 0 saturated heterocycles. The molecule has 3 aromatic carbocycles. The molecule has 1 amide bonds. The third kappa shape index (κ3) is 7.23. The fourth-order valence-corrected chi connectivity index (χ4v) is 3.25. The molecule has 0 unspecified atom stereocenters. The van der Waals surface area contributed by atoms with E-state index in [-0.39, 0.29) is 29.1 Å². The van der Waals surface area contributed by atoms with Crippen molar-refractivity contribution in [2.24, 2.45) is 0 Å². The number of carboxylic acid groups (broad SMARTS) is 1. The van der Waals surface area contributed by atoms with Crippen LogP contribution in [0.2, 0.25) is 0 Å². The van der Waals surface area contributed by atoms with Gasteiger partial charge in [-0.15, -0.1) is 13.2 Å². The largest absolute Gasteiger partial charge is 0.573 e. The summed E-state index contributed by atoms with van der Waals surface area (Å²) in [4.78, 5) is 25.1. The van der Waals surface area contributed by atoms with Crippen LogP contribution >= 0.6 is 0 Å². The molecular weight excluding hydrogens is 463 g/mol. The highest BCUT2D eigenvalue weighted by molar-refractivity contribution is 6.37. The maximum atomic E-state index is 12.5. The molecule has 0 bridgehead atoms. The molecule has 0 radical (unpaired) electrons. The SMILES string of the molecule is CC(C)(C)c1ccc(CN(C(=O)C(=O)O)c2cccc(Oc3ccc(OC(F)(F)F)cc3)c2)cc1. The second kappa shape index (κ2) is 10.1. The summed E-state index contributed by atoms with van der Waals surface area (Å²) in [6.07, 6.45) is -4.80. The molecule has 184 valence electrons. The zero-order valence-electron chi connectivity index (χ0n) is 19.3. The van der Waals surface area contributed by atoms with Crippen LogP contribution in [0.3, 0.4) is 0 Å². The molecule has 0 atom stereocenters. The Bertz CT molecular complexity index is 1180. The molecule has 3 aromatic rings. The van der Waals surface area contributed by atoms with E-state index in [0.29, 0.717) is 0 Å². The van der Waals surface area contributed by atoms with Crippen LogP contribution in [0.25, 0.3) is 0 Å². The van der Waals surface area contributed by atoms with Gasteiger partial charge in [-0.05, 0) is 52.9 Å². The van der Waals surface area contributed by atoms with Gasteiger partial charge < -0.3 is 14.6 Å². The zero-order valence-corrected chi connectivity index (χ0v) is 19.3. The van der Waals surface area contributed by atoms with E-state index in [4.69, 9.17) is 4.74 Å². The zero-order chi connectivity index (χ0) is 25.8. The van der Waals surface area contributed by atoms with Crippen LogP contribution in [-0.2, 0) is 21.5 Å². The number of amides is 1. The summed E-state index contributed by atoms with van der Waals surface area (Å²) in [7, 11) is 0. The molecule has 0 aliphatic rings. The lowest BCUT2D eigenvalue weighted by Crippen LogP contribution is -2.36. The minimum atomic E-state index is -4.80. The Kier molecular flexibility index (Phi) is 7.38. The standard InChI is InChI=1S/C26H24F3NO5/c1-25(2,3)18-9-7-17(8-10-18)16-30(23(31)24(32)33)19-5-4-6-22(15-19)34-20-11-13-21(14-12-20)35-26(27,28)29/h4-15H,16H2,1-3H3,(H,32,33). The Hall–Kier alpha value is -4.01. The highest BCUT2D eigenvalue weighted by Crippen LogP contribution is 2.30. The van der Waals surface area contributed by atoms with Crippen molar-refractivity contribution in [3.05, 3.63) is 83.9 Å². The van der Waals surface area contributed by atoms with Crippen LogP contribution in [0.5, 0.6) is 17.2 Å². The second-order valence-corrected chi connectivity index (χ2v) is 8.76. The topological polar surface area (TPSA) is 76.1 Å². The molecule has 0 aliphatic carbocycles. The van der Waals surface area contributed by atoms with Crippen LogP contribution in [0.4, 0.5) is 18.9 Å². The lowest BCUT2D eigenvalue weighted by Gasteiger charge is -2.23. The maximum Gasteiger partial charge on any atom is 0.573 e. The predicted molar refractivity (Wildman–Crippen MR) is 124 cm³/mol. The Balaban J connectivity index is 1.82. The smallest absolute Gasteiger partial charge is 0.474 e. The number of alkyl halides is 3. The minimum absolute atomic E-state index is 0.0164. The van der Waals surface area contributed by atoms with Gasteiger partial charge in [0.2, 0.25) is 0 Å². The minimum Gasteiger partial charge on any atom is -0.474 e. The normalized spacial score (nSPS) is 11.6. The van der Waals surface area contributed by atoms with E-state index < -0.39 is 24.0 Å². The molecule has 9 heteroatoms. The monoisotopic (exact) mass is 487 g/mol. The van der Waals surface area contributed by atoms with Gasteiger partial charge in [0.05, 0.1) is 6.54 Å². The molecule has 3 rings (SSSR count). The van der Waals surface area contributed by atoms with Crippen molar-refractivity contribution in [2.75, 3.05) is 4.90 Å². The average Bonchev–Trinajstić information content (AvgIpc) is 2.77. The van der Waals surface area contributed by atoms with Crippen LogP contribution in [0, 0.1) is 0 Å². The van der Waals surface area contributed by atoms with Gasteiger partial charge in [0.15, 0.2) is 0 Å². The number of hydrogen-bond donors (Lipinski definition) is 1. The summed E-state index contributed by atoms with van der Waals surface area (Å²) in [6, 6.07) is 18.6. The van der Waals surface area contributed by atoms with E-state index in [1.807, 2.05) is 24.3 Å². The first-order valence-corrected chi connectivity index (χ1v) is 10.6. The molecule has 35 heavy (non-hydrogen) atoms. The van der Waals surface area contributed by atoms with Crippen molar-refractivity contribution >= 4 is 17.6 Å². The molecule has 0 spiro atoms. The number of halogens is 3. The number of carbonyl (C=O) groups excluding carboxylic acids is 1. The predicted octanol–water partition coefficient (Wildman–Crippen LogP) is 6.29. The van der Waals surface area contributed by atoms with E-state index in [1.165, 1.54) is 18.2 Å². The molecule has 0 aliphatic heterocycles. The highest BCUT2D eigenvalue weighted by atomic mass is 19.4. The van der Waals surface area contributed by atoms with E-state index in [0.717, 1.165) is 28.2 Å². The number of carbonyl (C=O) groups is 2. The average molecular weight is 487 g/mol. The molecular formula is C26H24F3NO5. The Morgan fingerprint density at radius 2 is 1.46 bits per heavy atom. The van der Waals surface area contributed by atoms with Gasteiger partial charge in [-0.25, -0.2) is 4.79 Å². The van der Waals surface area contributed by atoms with E-state index >= 15 is 0 Å². The number of ether oxygens (including phenoxy) is 2. The molecule has 0 fully saturated rings. The lowest BCUT2D eigenvalue weighted by molar-refractivity contribution is -0.274. The first-order chi connectivity index (χ1) is 16.3. The highest BCUT2D eigenvalue weighted by Gasteiger charge is 2.31. The van der Waals surface area contributed by atoms with Crippen molar-refractivity contribution in [3.63, 3.8) is 0 Å². The number of carboxylic acids is 1. The van der Waals surface area contributed by atoms with Crippen molar-refractivity contribution in [1.82, 2.24) is 0 Å². The molecule has 0 heterocycles. The van der Waals surface area contributed by atoms with Gasteiger partial charge in [0.25, 0.3) is 0 Å².